The third-order valence-electron chi connectivity index (χ3n) is 4.92. The van der Waals surface area contributed by atoms with E-state index in [1.165, 1.54) is 18.2 Å². The highest BCUT2D eigenvalue weighted by molar-refractivity contribution is 7.92. The summed E-state index contributed by atoms with van der Waals surface area (Å²) >= 11 is 6.03. The summed E-state index contributed by atoms with van der Waals surface area (Å²) in [7, 11) is -2.19. The summed E-state index contributed by atoms with van der Waals surface area (Å²) in [5.74, 6) is 0.455. The fraction of sp³-hybridized carbons (Fsp3) is 0.167. The van der Waals surface area contributed by atoms with Gasteiger partial charge in [0.15, 0.2) is 0 Å². The number of amides is 1. The van der Waals surface area contributed by atoms with Crippen LogP contribution >= 0.6 is 11.6 Å². The minimum atomic E-state index is -3.79. The van der Waals surface area contributed by atoms with Crippen LogP contribution in [-0.4, -0.2) is 26.4 Å². The summed E-state index contributed by atoms with van der Waals surface area (Å²) in [4.78, 5) is 16.6. The zero-order valence-electron chi connectivity index (χ0n) is 18.4. The first kappa shape index (κ1) is 24.3. The Balaban J connectivity index is 1.62. The number of pyridine rings is 1. The Labute approximate surface area is 198 Å². The van der Waals surface area contributed by atoms with Gasteiger partial charge in [0.1, 0.15) is 5.75 Å². The van der Waals surface area contributed by atoms with Gasteiger partial charge in [-0.1, -0.05) is 35.9 Å². The number of nitrogens with one attached hydrogen (secondary N) is 2. The van der Waals surface area contributed by atoms with Gasteiger partial charge in [0.05, 0.1) is 35.0 Å². The molecule has 3 rings (SSSR count). The second-order valence-electron chi connectivity index (χ2n) is 7.25. The number of para-hydroxylation sites is 1. The van der Waals surface area contributed by atoms with E-state index in [2.05, 4.69) is 15.0 Å². The molecule has 0 saturated carbocycles. The molecule has 3 aromatic rings. The van der Waals surface area contributed by atoms with Crippen LogP contribution in [0.15, 0.2) is 65.7 Å². The van der Waals surface area contributed by atoms with Crippen LogP contribution < -0.4 is 14.8 Å². The third-order valence-corrected chi connectivity index (χ3v) is 6.63. The van der Waals surface area contributed by atoms with Crippen molar-refractivity contribution in [2.45, 2.75) is 25.3 Å². The van der Waals surface area contributed by atoms with E-state index in [1.54, 1.807) is 55.8 Å². The molecule has 7 nitrogen and oxygen atoms in total. The number of anilines is 1. The van der Waals surface area contributed by atoms with E-state index in [1.807, 2.05) is 13.8 Å². The first-order chi connectivity index (χ1) is 15.7. The van der Waals surface area contributed by atoms with E-state index in [0.717, 1.165) is 22.6 Å². The maximum absolute atomic E-state index is 12.6. The average Bonchev–Trinajstić information content (AvgIpc) is 2.79. The van der Waals surface area contributed by atoms with E-state index in [4.69, 9.17) is 16.3 Å². The molecular weight excluding hydrogens is 462 g/mol. The SMILES string of the molecule is COc1c(C)cnc(CNC(=O)/C=C/c2ccc(S(=O)(=O)Nc3ccccc3Cl)cc2)c1C. The molecule has 0 aliphatic carbocycles. The van der Waals surface area contributed by atoms with Gasteiger partial charge in [-0.15, -0.1) is 0 Å². The molecule has 0 unspecified atom stereocenters. The molecule has 0 spiro atoms. The topological polar surface area (TPSA) is 97.4 Å². The van der Waals surface area contributed by atoms with Crippen LogP contribution in [-0.2, 0) is 21.4 Å². The predicted molar refractivity (Wildman–Crippen MR) is 130 cm³/mol. The van der Waals surface area contributed by atoms with Crippen LogP contribution in [0, 0.1) is 13.8 Å². The van der Waals surface area contributed by atoms with Crippen LogP contribution in [0.5, 0.6) is 5.75 Å². The average molecular weight is 486 g/mol. The molecule has 0 bridgehead atoms. The molecule has 0 fully saturated rings. The van der Waals surface area contributed by atoms with Crippen molar-refractivity contribution in [2.75, 3.05) is 11.8 Å². The van der Waals surface area contributed by atoms with Crippen molar-refractivity contribution < 1.29 is 17.9 Å². The second kappa shape index (κ2) is 10.5. The number of aryl methyl sites for hydroxylation is 1. The van der Waals surface area contributed by atoms with Crippen molar-refractivity contribution >= 4 is 39.3 Å². The van der Waals surface area contributed by atoms with Gasteiger partial charge in [0.25, 0.3) is 10.0 Å². The summed E-state index contributed by atoms with van der Waals surface area (Å²) in [6.45, 7) is 4.07. The van der Waals surface area contributed by atoms with E-state index in [0.29, 0.717) is 16.3 Å². The number of sulfonamides is 1. The lowest BCUT2D eigenvalue weighted by Crippen LogP contribution is -2.21. The van der Waals surface area contributed by atoms with E-state index in [9.17, 15) is 13.2 Å². The molecule has 9 heteroatoms. The molecule has 1 aromatic heterocycles. The van der Waals surface area contributed by atoms with Gasteiger partial charge < -0.3 is 10.1 Å². The normalized spacial score (nSPS) is 11.4. The lowest BCUT2D eigenvalue weighted by molar-refractivity contribution is -0.116. The molecular formula is C24H24ClN3O4S. The van der Waals surface area contributed by atoms with Gasteiger partial charge >= 0.3 is 0 Å². The third kappa shape index (κ3) is 6.12. The Morgan fingerprint density at radius 3 is 2.48 bits per heavy atom. The zero-order valence-corrected chi connectivity index (χ0v) is 20.0. The predicted octanol–water partition coefficient (Wildman–Crippen LogP) is 4.49. The molecule has 2 N–H and O–H groups in total. The van der Waals surface area contributed by atoms with Crippen molar-refractivity contribution in [1.29, 1.82) is 0 Å². The number of carbonyl (C=O) groups is 1. The number of hydrogen-bond donors (Lipinski definition) is 2. The molecule has 1 heterocycles. The second-order valence-corrected chi connectivity index (χ2v) is 9.34. The highest BCUT2D eigenvalue weighted by Crippen LogP contribution is 2.25. The van der Waals surface area contributed by atoms with Crippen LogP contribution in [0.1, 0.15) is 22.4 Å². The van der Waals surface area contributed by atoms with Crippen LogP contribution in [0.4, 0.5) is 5.69 Å². The van der Waals surface area contributed by atoms with Crippen molar-refractivity contribution in [1.82, 2.24) is 10.3 Å². The minimum Gasteiger partial charge on any atom is -0.496 e. The van der Waals surface area contributed by atoms with Crippen molar-refractivity contribution in [3.63, 3.8) is 0 Å². The maximum atomic E-state index is 12.6. The number of methoxy groups -OCH3 is 1. The molecule has 0 atom stereocenters. The maximum Gasteiger partial charge on any atom is 0.261 e. The summed E-state index contributed by atoms with van der Waals surface area (Å²) < 4.78 is 33.0. The molecule has 172 valence electrons. The highest BCUT2D eigenvalue weighted by atomic mass is 35.5. The van der Waals surface area contributed by atoms with Crippen molar-refractivity contribution in [2.24, 2.45) is 0 Å². The summed E-state index contributed by atoms with van der Waals surface area (Å²) in [5, 5.41) is 3.09. The van der Waals surface area contributed by atoms with Crippen LogP contribution in [0.25, 0.3) is 6.08 Å². The Bertz CT molecular complexity index is 1290. The Kier molecular flexibility index (Phi) is 7.73. The van der Waals surface area contributed by atoms with Gasteiger partial charge in [0.2, 0.25) is 5.91 Å². The number of rotatable bonds is 8. The highest BCUT2D eigenvalue weighted by Gasteiger charge is 2.15. The zero-order chi connectivity index (χ0) is 24.0. The number of hydrogen-bond acceptors (Lipinski definition) is 5. The van der Waals surface area contributed by atoms with E-state index >= 15 is 0 Å². The Hall–Kier alpha value is -3.36. The lowest BCUT2D eigenvalue weighted by Gasteiger charge is -2.12. The molecule has 0 aliphatic heterocycles. The Morgan fingerprint density at radius 2 is 1.82 bits per heavy atom. The summed E-state index contributed by atoms with van der Waals surface area (Å²) in [6, 6.07) is 12.7. The minimum absolute atomic E-state index is 0.0823. The number of halogens is 1. The molecule has 0 radical (unpaired) electrons. The standard InChI is InChI=1S/C24H24ClN3O4S/c1-16-14-26-22(17(2)24(16)32-3)15-27-23(29)13-10-18-8-11-19(12-9-18)33(30,31)28-21-7-5-4-6-20(21)25/h4-14,28H,15H2,1-3H3,(H,27,29)/b13-10+. The first-order valence-corrected chi connectivity index (χ1v) is 11.9. The monoisotopic (exact) mass is 485 g/mol. The van der Waals surface area contributed by atoms with Crippen molar-refractivity contribution in [3.8, 4) is 5.75 Å². The van der Waals surface area contributed by atoms with Gasteiger partial charge in [-0.2, -0.15) is 0 Å². The lowest BCUT2D eigenvalue weighted by atomic mass is 10.1. The van der Waals surface area contributed by atoms with Crippen LogP contribution in [0.2, 0.25) is 5.02 Å². The van der Waals surface area contributed by atoms with E-state index in [-0.39, 0.29) is 17.3 Å². The van der Waals surface area contributed by atoms with Gasteiger partial charge in [-0.3, -0.25) is 14.5 Å². The molecule has 0 saturated heterocycles. The van der Waals surface area contributed by atoms with Gasteiger partial charge in [0, 0.05) is 23.4 Å². The molecule has 2 aromatic carbocycles. The number of nitrogens with zero attached hydrogens (tertiary/aromatic N) is 1. The molecule has 1 amide bonds. The van der Waals surface area contributed by atoms with Gasteiger partial charge in [-0.05, 0) is 49.8 Å². The molecule has 0 aliphatic rings. The quantitative estimate of drug-likeness (QED) is 0.458. The van der Waals surface area contributed by atoms with Crippen molar-refractivity contribution in [3.05, 3.63) is 88.2 Å². The number of ether oxygens (including phenoxy) is 1. The number of carbonyl (C=O) groups excluding carboxylic acids is 1. The number of aromatic nitrogens is 1. The van der Waals surface area contributed by atoms with Gasteiger partial charge in [-0.25, -0.2) is 8.42 Å². The first-order valence-electron chi connectivity index (χ1n) is 10.0. The fourth-order valence-electron chi connectivity index (χ4n) is 3.16. The number of benzene rings is 2. The smallest absolute Gasteiger partial charge is 0.261 e. The fourth-order valence-corrected chi connectivity index (χ4v) is 4.48. The van der Waals surface area contributed by atoms with E-state index < -0.39 is 10.0 Å². The largest absolute Gasteiger partial charge is 0.496 e. The molecule has 33 heavy (non-hydrogen) atoms. The summed E-state index contributed by atoms with van der Waals surface area (Å²) in [6.07, 6.45) is 4.69. The van der Waals surface area contributed by atoms with Crippen LogP contribution in [0.3, 0.4) is 0 Å². The summed E-state index contributed by atoms with van der Waals surface area (Å²) in [5.41, 5.74) is 3.50. The Morgan fingerprint density at radius 1 is 1.12 bits per heavy atom.